The maximum absolute atomic E-state index is 11.8. The summed E-state index contributed by atoms with van der Waals surface area (Å²) in [4.78, 5) is 11.1. The SMILES string of the molecule is CCOC(=O)CN(C)S(=O)(=O)C(C)(C)C. The molecule has 0 aromatic rings. The molecule has 0 amide bonds. The van der Waals surface area contributed by atoms with Gasteiger partial charge in [0, 0.05) is 7.05 Å². The van der Waals surface area contributed by atoms with E-state index in [9.17, 15) is 13.2 Å². The molecule has 0 spiro atoms. The van der Waals surface area contributed by atoms with E-state index in [2.05, 4.69) is 4.74 Å². The maximum atomic E-state index is 11.8. The summed E-state index contributed by atoms with van der Waals surface area (Å²) in [5.74, 6) is -0.534. The molecule has 0 saturated heterocycles. The first-order chi connectivity index (χ1) is 6.63. The van der Waals surface area contributed by atoms with Crippen LogP contribution in [0.25, 0.3) is 0 Å². The van der Waals surface area contributed by atoms with Crippen LogP contribution in [0.4, 0.5) is 0 Å². The third kappa shape index (κ3) is 3.79. The van der Waals surface area contributed by atoms with E-state index in [4.69, 9.17) is 0 Å². The standard InChI is InChI=1S/C9H19NO4S/c1-6-14-8(11)7-10(5)15(12,13)9(2,3)4/h6-7H2,1-5H3. The summed E-state index contributed by atoms with van der Waals surface area (Å²) in [6.07, 6.45) is 0. The Kier molecular flexibility index (Phi) is 4.73. The van der Waals surface area contributed by atoms with Crippen molar-refractivity contribution in [2.75, 3.05) is 20.2 Å². The Balaban J connectivity index is 4.60. The van der Waals surface area contributed by atoms with E-state index in [1.54, 1.807) is 27.7 Å². The first-order valence-electron chi connectivity index (χ1n) is 4.74. The minimum atomic E-state index is -3.46. The van der Waals surface area contributed by atoms with Gasteiger partial charge in [-0.05, 0) is 27.7 Å². The van der Waals surface area contributed by atoms with E-state index in [-0.39, 0.29) is 13.2 Å². The molecule has 0 aliphatic rings. The van der Waals surface area contributed by atoms with E-state index < -0.39 is 20.7 Å². The fourth-order valence-electron chi connectivity index (χ4n) is 0.941. The lowest BCUT2D eigenvalue weighted by Crippen LogP contribution is -2.43. The lowest BCUT2D eigenvalue weighted by molar-refractivity contribution is -0.143. The largest absolute Gasteiger partial charge is 0.465 e. The summed E-state index contributed by atoms with van der Waals surface area (Å²) in [6.45, 7) is 6.45. The molecule has 0 rings (SSSR count). The van der Waals surface area contributed by atoms with Crippen molar-refractivity contribution in [3.8, 4) is 0 Å². The molecular weight excluding hydrogens is 218 g/mol. The van der Waals surface area contributed by atoms with Crippen LogP contribution in [0.5, 0.6) is 0 Å². The molecule has 0 unspecified atom stereocenters. The zero-order valence-electron chi connectivity index (χ0n) is 9.90. The van der Waals surface area contributed by atoms with E-state index in [0.29, 0.717) is 0 Å². The van der Waals surface area contributed by atoms with Crippen molar-refractivity contribution >= 4 is 16.0 Å². The number of hydrogen-bond acceptors (Lipinski definition) is 4. The molecule has 5 nitrogen and oxygen atoms in total. The van der Waals surface area contributed by atoms with Gasteiger partial charge < -0.3 is 4.74 Å². The number of esters is 1. The number of rotatable bonds is 4. The number of sulfonamides is 1. The summed E-state index contributed by atoms with van der Waals surface area (Å²) in [5, 5.41) is 0. The molecule has 0 atom stereocenters. The second kappa shape index (κ2) is 4.94. The molecule has 6 heteroatoms. The number of carbonyl (C=O) groups is 1. The minimum absolute atomic E-state index is 0.243. The molecule has 0 aliphatic carbocycles. The average Bonchev–Trinajstić information content (AvgIpc) is 2.02. The van der Waals surface area contributed by atoms with Gasteiger partial charge in [-0.15, -0.1) is 0 Å². The van der Waals surface area contributed by atoms with Crippen molar-refractivity contribution in [1.29, 1.82) is 0 Å². The number of ether oxygens (including phenoxy) is 1. The van der Waals surface area contributed by atoms with Gasteiger partial charge >= 0.3 is 5.97 Å². The fourth-order valence-corrected chi connectivity index (χ4v) is 2.15. The van der Waals surface area contributed by atoms with Gasteiger partial charge in [0.1, 0.15) is 6.54 Å². The normalized spacial score (nSPS) is 12.9. The molecule has 0 radical (unpaired) electrons. The van der Waals surface area contributed by atoms with Gasteiger partial charge in [0.25, 0.3) is 0 Å². The topological polar surface area (TPSA) is 63.7 Å². The number of nitrogens with zero attached hydrogens (tertiary/aromatic N) is 1. The third-order valence-electron chi connectivity index (χ3n) is 1.84. The average molecular weight is 237 g/mol. The van der Waals surface area contributed by atoms with Crippen molar-refractivity contribution in [3.05, 3.63) is 0 Å². The van der Waals surface area contributed by atoms with Crippen LogP contribution in [0.1, 0.15) is 27.7 Å². The van der Waals surface area contributed by atoms with Crippen molar-refractivity contribution in [3.63, 3.8) is 0 Å². The predicted molar refractivity (Wildman–Crippen MR) is 57.9 cm³/mol. The lowest BCUT2D eigenvalue weighted by Gasteiger charge is -2.25. The first kappa shape index (κ1) is 14.4. The highest BCUT2D eigenvalue weighted by Gasteiger charge is 2.34. The van der Waals surface area contributed by atoms with Crippen LogP contribution in [0.15, 0.2) is 0 Å². The Morgan fingerprint density at radius 1 is 1.33 bits per heavy atom. The van der Waals surface area contributed by atoms with Crippen LogP contribution in [0.3, 0.4) is 0 Å². The van der Waals surface area contributed by atoms with Gasteiger partial charge in [0.15, 0.2) is 0 Å². The number of hydrogen-bond donors (Lipinski definition) is 0. The molecule has 0 N–H and O–H groups in total. The van der Waals surface area contributed by atoms with Crippen LogP contribution >= 0.6 is 0 Å². The minimum Gasteiger partial charge on any atom is -0.465 e. The first-order valence-corrected chi connectivity index (χ1v) is 6.18. The highest BCUT2D eigenvalue weighted by Crippen LogP contribution is 2.18. The Morgan fingerprint density at radius 2 is 1.80 bits per heavy atom. The fraction of sp³-hybridized carbons (Fsp3) is 0.889. The number of likely N-dealkylation sites (N-methyl/N-ethyl adjacent to an activating group) is 1. The summed E-state index contributed by atoms with van der Waals surface area (Å²) in [5.41, 5.74) is 0. The molecule has 90 valence electrons. The Labute approximate surface area is 91.5 Å². The summed E-state index contributed by atoms with van der Waals surface area (Å²) >= 11 is 0. The van der Waals surface area contributed by atoms with Gasteiger partial charge in [-0.1, -0.05) is 0 Å². The molecule has 0 fully saturated rings. The van der Waals surface area contributed by atoms with Gasteiger partial charge in [-0.25, -0.2) is 8.42 Å². The summed E-state index contributed by atoms with van der Waals surface area (Å²) in [6, 6.07) is 0. The van der Waals surface area contributed by atoms with Crippen molar-refractivity contribution in [2.24, 2.45) is 0 Å². The van der Waals surface area contributed by atoms with Gasteiger partial charge in [-0.2, -0.15) is 4.31 Å². The molecular formula is C9H19NO4S. The Bertz CT molecular complexity index is 315. The van der Waals surface area contributed by atoms with Gasteiger partial charge in [0.2, 0.25) is 10.0 Å². The van der Waals surface area contributed by atoms with Crippen LogP contribution in [0.2, 0.25) is 0 Å². The second-order valence-corrected chi connectivity index (χ2v) is 6.98. The Morgan fingerprint density at radius 3 is 2.13 bits per heavy atom. The van der Waals surface area contributed by atoms with Crippen molar-refractivity contribution < 1.29 is 17.9 Å². The highest BCUT2D eigenvalue weighted by atomic mass is 32.2. The highest BCUT2D eigenvalue weighted by molar-refractivity contribution is 7.90. The molecule has 0 heterocycles. The summed E-state index contributed by atoms with van der Waals surface area (Å²) in [7, 11) is -2.08. The molecule has 0 bridgehead atoms. The molecule has 0 saturated carbocycles. The van der Waals surface area contributed by atoms with Crippen LogP contribution in [-0.4, -0.2) is 43.6 Å². The monoisotopic (exact) mass is 237 g/mol. The van der Waals surface area contributed by atoms with Crippen molar-refractivity contribution in [2.45, 2.75) is 32.4 Å². The quantitative estimate of drug-likeness (QED) is 0.672. The van der Waals surface area contributed by atoms with E-state index >= 15 is 0 Å². The Hall–Kier alpha value is -0.620. The molecule has 0 aliphatic heterocycles. The molecule has 0 aromatic heterocycles. The van der Waals surface area contributed by atoms with Gasteiger partial charge in [0.05, 0.1) is 11.4 Å². The lowest BCUT2D eigenvalue weighted by atomic mass is 10.3. The zero-order chi connectivity index (χ0) is 12.3. The number of carbonyl (C=O) groups excluding carboxylic acids is 1. The third-order valence-corrected chi connectivity index (χ3v) is 4.34. The predicted octanol–water partition coefficient (Wildman–Crippen LogP) is 0.610. The maximum Gasteiger partial charge on any atom is 0.321 e. The van der Waals surface area contributed by atoms with E-state index in [0.717, 1.165) is 4.31 Å². The van der Waals surface area contributed by atoms with E-state index in [1.165, 1.54) is 7.05 Å². The second-order valence-electron chi connectivity index (χ2n) is 4.18. The molecule has 15 heavy (non-hydrogen) atoms. The smallest absolute Gasteiger partial charge is 0.321 e. The summed E-state index contributed by atoms with van der Waals surface area (Å²) < 4.78 is 28.4. The van der Waals surface area contributed by atoms with E-state index in [1.807, 2.05) is 0 Å². The zero-order valence-corrected chi connectivity index (χ0v) is 10.7. The van der Waals surface area contributed by atoms with Crippen LogP contribution < -0.4 is 0 Å². The van der Waals surface area contributed by atoms with Gasteiger partial charge in [-0.3, -0.25) is 4.79 Å². The van der Waals surface area contributed by atoms with Crippen LogP contribution in [-0.2, 0) is 19.6 Å². The molecule has 0 aromatic carbocycles. The van der Waals surface area contributed by atoms with Crippen molar-refractivity contribution in [1.82, 2.24) is 4.31 Å². The van der Waals surface area contributed by atoms with Crippen LogP contribution in [0, 0.1) is 0 Å².